The van der Waals surface area contributed by atoms with Crippen molar-refractivity contribution >= 4 is 5.96 Å². The highest BCUT2D eigenvalue weighted by Gasteiger charge is 2.13. The van der Waals surface area contributed by atoms with Gasteiger partial charge in [-0.2, -0.15) is 0 Å². The Kier molecular flexibility index (Phi) is 5.70. The molecular formula is C15H28N4. The Morgan fingerprint density at radius 3 is 2.89 bits per heavy atom. The van der Waals surface area contributed by atoms with Crippen LogP contribution in [0.4, 0.5) is 0 Å². The van der Waals surface area contributed by atoms with Gasteiger partial charge in [-0.1, -0.05) is 30.9 Å². The first kappa shape index (κ1) is 14.4. The summed E-state index contributed by atoms with van der Waals surface area (Å²) in [7, 11) is 0. The Hall–Kier alpha value is -1.03. The van der Waals surface area contributed by atoms with E-state index in [4.69, 9.17) is 5.73 Å². The summed E-state index contributed by atoms with van der Waals surface area (Å²) in [6.07, 6.45) is 10.0. The van der Waals surface area contributed by atoms with Crippen LogP contribution in [0.3, 0.4) is 0 Å². The number of nitrogens with zero attached hydrogens (tertiary/aromatic N) is 2. The molecule has 0 spiro atoms. The van der Waals surface area contributed by atoms with E-state index in [2.05, 4.69) is 28.2 Å². The van der Waals surface area contributed by atoms with Gasteiger partial charge < -0.3 is 11.1 Å². The fourth-order valence-corrected chi connectivity index (χ4v) is 2.83. The van der Waals surface area contributed by atoms with Crippen molar-refractivity contribution in [3.05, 3.63) is 11.6 Å². The van der Waals surface area contributed by atoms with Gasteiger partial charge in [-0.05, 0) is 26.2 Å². The van der Waals surface area contributed by atoms with E-state index in [-0.39, 0.29) is 0 Å². The largest absolute Gasteiger partial charge is 0.370 e. The van der Waals surface area contributed by atoms with Crippen molar-refractivity contribution in [2.24, 2.45) is 10.7 Å². The van der Waals surface area contributed by atoms with Gasteiger partial charge in [0.05, 0.1) is 6.54 Å². The molecule has 1 fully saturated rings. The highest BCUT2D eigenvalue weighted by molar-refractivity contribution is 5.78. The molecule has 19 heavy (non-hydrogen) atoms. The SMILES string of the molecule is CC1=CCN(CCN=C(N)NC2CCCCC2)CC1. The highest BCUT2D eigenvalue weighted by Crippen LogP contribution is 2.17. The van der Waals surface area contributed by atoms with Crippen molar-refractivity contribution in [2.45, 2.75) is 51.5 Å². The summed E-state index contributed by atoms with van der Waals surface area (Å²) >= 11 is 0. The first-order valence-electron chi connectivity index (χ1n) is 7.68. The minimum Gasteiger partial charge on any atom is -0.370 e. The van der Waals surface area contributed by atoms with E-state index in [9.17, 15) is 0 Å². The smallest absolute Gasteiger partial charge is 0.188 e. The van der Waals surface area contributed by atoms with Crippen molar-refractivity contribution in [3.63, 3.8) is 0 Å². The lowest BCUT2D eigenvalue weighted by Crippen LogP contribution is -2.41. The van der Waals surface area contributed by atoms with Crippen LogP contribution in [-0.4, -0.2) is 43.1 Å². The topological polar surface area (TPSA) is 53.6 Å². The molecule has 1 aliphatic heterocycles. The van der Waals surface area contributed by atoms with Crippen LogP contribution in [0.25, 0.3) is 0 Å². The third-order valence-electron chi connectivity index (χ3n) is 4.18. The molecule has 0 atom stereocenters. The zero-order chi connectivity index (χ0) is 13.5. The third-order valence-corrected chi connectivity index (χ3v) is 4.18. The summed E-state index contributed by atoms with van der Waals surface area (Å²) in [6, 6.07) is 0.554. The first-order valence-corrected chi connectivity index (χ1v) is 7.68. The number of nitrogens with one attached hydrogen (secondary N) is 1. The molecule has 1 aliphatic carbocycles. The van der Waals surface area contributed by atoms with Gasteiger partial charge >= 0.3 is 0 Å². The van der Waals surface area contributed by atoms with Crippen molar-refractivity contribution < 1.29 is 0 Å². The van der Waals surface area contributed by atoms with Crippen LogP contribution < -0.4 is 11.1 Å². The number of hydrogen-bond acceptors (Lipinski definition) is 2. The minimum atomic E-state index is 0.554. The molecule has 0 saturated heterocycles. The number of rotatable bonds is 4. The van der Waals surface area contributed by atoms with E-state index >= 15 is 0 Å². The Morgan fingerprint density at radius 2 is 2.21 bits per heavy atom. The van der Waals surface area contributed by atoms with Gasteiger partial charge in [0.2, 0.25) is 0 Å². The average molecular weight is 264 g/mol. The maximum atomic E-state index is 5.95. The van der Waals surface area contributed by atoms with Gasteiger partial charge in [-0.15, -0.1) is 0 Å². The van der Waals surface area contributed by atoms with Crippen LogP contribution in [0.1, 0.15) is 45.4 Å². The van der Waals surface area contributed by atoms with Gasteiger partial charge in [0, 0.05) is 25.7 Å². The van der Waals surface area contributed by atoms with Gasteiger partial charge in [-0.3, -0.25) is 9.89 Å². The zero-order valence-corrected chi connectivity index (χ0v) is 12.2. The molecule has 1 saturated carbocycles. The molecule has 3 N–H and O–H groups in total. The Labute approximate surface area is 117 Å². The normalized spacial score (nSPS) is 23.2. The number of nitrogens with two attached hydrogens (primary N) is 1. The Morgan fingerprint density at radius 1 is 1.42 bits per heavy atom. The second kappa shape index (κ2) is 7.53. The van der Waals surface area contributed by atoms with Crippen molar-refractivity contribution in [2.75, 3.05) is 26.2 Å². The van der Waals surface area contributed by atoms with Gasteiger partial charge in [0.1, 0.15) is 0 Å². The van der Waals surface area contributed by atoms with Crippen molar-refractivity contribution in [1.29, 1.82) is 0 Å². The van der Waals surface area contributed by atoms with Crippen LogP contribution in [0.5, 0.6) is 0 Å². The fourth-order valence-electron chi connectivity index (χ4n) is 2.83. The number of guanidine groups is 1. The van der Waals surface area contributed by atoms with Crippen molar-refractivity contribution in [1.82, 2.24) is 10.2 Å². The molecule has 2 rings (SSSR count). The van der Waals surface area contributed by atoms with Crippen LogP contribution in [0.2, 0.25) is 0 Å². The number of hydrogen-bond donors (Lipinski definition) is 2. The van der Waals surface area contributed by atoms with Gasteiger partial charge in [-0.25, -0.2) is 0 Å². The Bertz CT molecular complexity index is 329. The van der Waals surface area contributed by atoms with Crippen LogP contribution in [0.15, 0.2) is 16.6 Å². The molecule has 1 heterocycles. The molecule has 108 valence electrons. The molecule has 0 aromatic carbocycles. The van der Waals surface area contributed by atoms with Gasteiger partial charge in [0.25, 0.3) is 0 Å². The second-order valence-electron chi connectivity index (χ2n) is 5.85. The Balaban J connectivity index is 1.64. The summed E-state index contributed by atoms with van der Waals surface area (Å²) in [5.74, 6) is 0.635. The lowest BCUT2D eigenvalue weighted by molar-refractivity contribution is 0.302. The number of aliphatic imine (C=N–C) groups is 1. The van der Waals surface area contributed by atoms with Crippen LogP contribution in [-0.2, 0) is 0 Å². The second-order valence-corrected chi connectivity index (χ2v) is 5.85. The summed E-state index contributed by atoms with van der Waals surface area (Å²) in [5.41, 5.74) is 7.46. The predicted octanol–water partition coefficient (Wildman–Crippen LogP) is 1.88. The molecule has 0 bridgehead atoms. The zero-order valence-electron chi connectivity index (χ0n) is 12.2. The van der Waals surface area contributed by atoms with Crippen molar-refractivity contribution in [3.8, 4) is 0 Å². The fraction of sp³-hybridized carbons (Fsp3) is 0.800. The standard InChI is InChI=1S/C15H28N4/c1-13-7-10-19(11-8-13)12-9-17-15(16)18-14-5-3-2-4-6-14/h7,14H,2-6,8-12H2,1H3,(H3,16,17,18). The highest BCUT2D eigenvalue weighted by atomic mass is 15.2. The lowest BCUT2D eigenvalue weighted by atomic mass is 9.96. The van der Waals surface area contributed by atoms with Gasteiger partial charge in [0.15, 0.2) is 5.96 Å². The maximum Gasteiger partial charge on any atom is 0.188 e. The molecule has 0 amide bonds. The molecule has 0 radical (unpaired) electrons. The monoisotopic (exact) mass is 264 g/mol. The van der Waals surface area contributed by atoms with E-state index in [1.54, 1.807) is 0 Å². The molecule has 0 unspecified atom stereocenters. The first-order chi connectivity index (χ1) is 9.24. The molecule has 4 heteroatoms. The molecule has 2 aliphatic rings. The third kappa shape index (κ3) is 5.23. The maximum absolute atomic E-state index is 5.95. The molecule has 4 nitrogen and oxygen atoms in total. The minimum absolute atomic E-state index is 0.554. The molecule has 0 aromatic heterocycles. The van der Waals surface area contributed by atoms with E-state index in [0.29, 0.717) is 12.0 Å². The summed E-state index contributed by atoms with van der Waals surface area (Å²) in [6.45, 7) is 6.25. The van der Waals surface area contributed by atoms with E-state index in [0.717, 1.165) is 26.2 Å². The predicted molar refractivity (Wildman–Crippen MR) is 81.3 cm³/mol. The van der Waals surface area contributed by atoms with E-state index in [1.165, 1.54) is 44.1 Å². The van der Waals surface area contributed by atoms with Crippen LogP contribution >= 0.6 is 0 Å². The summed E-state index contributed by atoms with van der Waals surface area (Å²) in [5, 5.41) is 3.36. The van der Waals surface area contributed by atoms with Crippen LogP contribution in [0, 0.1) is 0 Å². The lowest BCUT2D eigenvalue weighted by Gasteiger charge is -2.25. The van der Waals surface area contributed by atoms with E-state index in [1.807, 2.05) is 0 Å². The average Bonchev–Trinajstić information content (AvgIpc) is 2.42. The summed E-state index contributed by atoms with van der Waals surface area (Å²) in [4.78, 5) is 6.89. The van der Waals surface area contributed by atoms with E-state index < -0.39 is 0 Å². The quantitative estimate of drug-likeness (QED) is 0.463. The molecule has 0 aromatic rings. The molecular weight excluding hydrogens is 236 g/mol. The summed E-state index contributed by atoms with van der Waals surface area (Å²) < 4.78 is 0.